The van der Waals surface area contributed by atoms with E-state index in [-0.39, 0.29) is 6.10 Å². The zero-order valence-corrected chi connectivity index (χ0v) is 17.8. The number of nitrogens with zero attached hydrogens (tertiary/aromatic N) is 1. The molecule has 2 aliphatic rings. The molecule has 6 heteroatoms. The standard InChI is InChI=1S/C23H32N2O3S/c26-19(17-28-22-8-3-6-18-5-1-2-7-20(18)22)15-24-16-21(23-9-4-14-29-23)25-10-12-27-13-11-25/h1-2,4-5,7,9,14,19,21-22,24,26H,3,6,8,10-13,15-17H2/t19-,21+,22+/m1/s1. The van der Waals surface area contributed by atoms with E-state index in [9.17, 15) is 5.11 Å². The number of aliphatic hydroxyl groups excluding tert-OH is 1. The largest absolute Gasteiger partial charge is 0.389 e. The Bertz CT molecular complexity index is 733. The summed E-state index contributed by atoms with van der Waals surface area (Å²) in [4.78, 5) is 3.84. The molecule has 3 atom stereocenters. The SMILES string of the molecule is O[C@H](CNC[C@@H](c1cccs1)N1CCOCC1)CO[C@H]1CCCc2ccccc21. The highest BCUT2D eigenvalue weighted by molar-refractivity contribution is 7.10. The quantitative estimate of drug-likeness (QED) is 0.658. The minimum atomic E-state index is -0.502. The highest BCUT2D eigenvalue weighted by Crippen LogP contribution is 2.32. The summed E-state index contributed by atoms with van der Waals surface area (Å²) in [5.74, 6) is 0. The predicted molar refractivity (Wildman–Crippen MR) is 116 cm³/mol. The van der Waals surface area contributed by atoms with Gasteiger partial charge >= 0.3 is 0 Å². The van der Waals surface area contributed by atoms with E-state index in [1.807, 2.05) is 0 Å². The van der Waals surface area contributed by atoms with E-state index < -0.39 is 6.10 Å². The van der Waals surface area contributed by atoms with Crippen molar-refractivity contribution in [1.82, 2.24) is 10.2 Å². The first-order valence-corrected chi connectivity index (χ1v) is 11.6. The van der Waals surface area contributed by atoms with Crippen LogP contribution in [0.4, 0.5) is 0 Å². The number of aliphatic hydroxyl groups is 1. The molecule has 1 aliphatic carbocycles. The van der Waals surface area contributed by atoms with Crippen LogP contribution in [0.2, 0.25) is 0 Å². The summed E-state index contributed by atoms with van der Waals surface area (Å²) in [5.41, 5.74) is 2.68. The van der Waals surface area contributed by atoms with Crippen LogP contribution in [0.1, 0.15) is 41.0 Å². The van der Waals surface area contributed by atoms with Crippen molar-refractivity contribution in [3.05, 3.63) is 57.8 Å². The second kappa shape index (κ2) is 10.7. The Morgan fingerprint density at radius 3 is 2.86 bits per heavy atom. The van der Waals surface area contributed by atoms with Crippen molar-refractivity contribution in [3.8, 4) is 0 Å². The van der Waals surface area contributed by atoms with E-state index in [0.29, 0.717) is 19.2 Å². The van der Waals surface area contributed by atoms with Gasteiger partial charge in [0.15, 0.2) is 0 Å². The van der Waals surface area contributed by atoms with Crippen molar-refractivity contribution in [2.24, 2.45) is 0 Å². The molecule has 0 radical (unpaired) electrons. The van der Waals surface area contributed by atoms with Gasteiger partial charge in [-0.05, 0) is 41.8 Å². The van der Waals surface area contributed by atoms with Gasteiger partial charge in [-0.3, -0.25) is 4.90 Å². The van der Waals surface area contributed by atoms with Gasteiger partial charge in [0.25, 0.3) is 0 Å². The van der Waals surface area contributed by atoms with Gasteiger partial charge in [-0.25, -0.2) is 0 Å². The van der Waals surface area contributed by atoms with Crippen molar-refractivity contribution in [1.29, 1.82) is 0 Å². The van der Waals surface area contributed by atoms with Crippen LogP contribution in [0.25, 0.3) is 0 Å². The summed E-state index contributed by atoms with van der Waals surface area (Å²) in [6.07, 6.45) is 2.93. The number of morpholine rings is 1. The fourth-order valence-corrected chi connectivity index (χ4v) is 5.20. The fraction of sp³-hybridized carbons (Fsp3) is 0.565. The van der Waals surface area contributed by atoms with E-state index in [1.165, 1.54) is 16.0 Å². The van der Waals surface area contributed by atoms with Crippen LogP contribution in [0.3, 0.4) is 0 Å². The van der Waals surface area contributed by atoms with Gasteiger partial charge in [0, 0.05) is 31.1 Å². The normalized spacial score (nSPS) is 22.2. The molecule has 2 aromatic rings. The van der Waals surface area contributed by atoms with E-state index in [0.717, 1.165) is 52.1 Å². The molecular weight excluding hydrogens is 384 g/mol. The van der Waals surface area contributed by atoms with Crippen LogP contribution < -0.4 is 5.32 Å². The number of nitrogens with one attached hydrogen (secondary N) is 1. The number of thiophene rings is 1. The van der Waals surface area contributed by atoms with E-state index in [4.69, 9.17) is 9.47 Å². The third kappa shape index (κ3) is 5.66. The maximum atomic E-state index is 10.5. The monoisotopic (exact) mass is 416 g/mol. The van der Waals surface area contributed by atoms with Crippen LogP contribution in [-0.4, -0.2) is 62.1 Å². The van der Waals surface area contributed by atoms with E-state index in [1.54, 1.807) is 11.3 Å². The molecule has 0 saturated carbocycles. The molecule has 4 rings (SSSR count). The lowest BCUT2D eigenvalue weighted by molar-refractivity contribution is -0.0180. The van der Waals surface area contributed by atoms with E-state index in [2.05, 4.69) is 52.0 Å². The summed E-state index contributed by atoms with van der Waals surface area (Å²) in [7, 11) is 0. The maximum absolute atomic E-state index is 10.5. The van der Waals surface area contributed by atoms with Gasteiger partial charge in [0.1, 0.15) is 0 Å². The minimum absolute atomic E-state index is 0.113. The smallest absolute Gasteiger partial charge is 0.0897 e. The molecule has 0 amide bonds. The number of benzene rings is 1. The maximum Gasteiger partial charge on any atom is 0.0897 e. The van der Waals surface area contributed by atoms with Crippen molar-refractivity contribution < 1.29 is 14.6 Å². The van der Waals surface area contributed by atoms with Crippen LogP contribution in [0.15, 0.2) is 41.8 Å². The van der Waals surface area contributed by atoms with Gasteiger partial charge in [0.05, 0.1) is 38.1 Å². The second-order valence-electron chi connectivity index (χ2n) is 7.90. The summed E-state index contributed by atoms with van der Waals surface area (Å²) >= 11 is 1.80. The molecule has 158 valence electrons. The van der Waals surface area contributed by atoms with Gasteiger partial charge in [-0.15, -0.1) is 11.3 Å². The third-order valence-electron chi connectivity index (χ3n) is 5.88. The van der Waals surface area contributed by atoms with Crippen molar-refractivity contribution in [2.75, 3.05) is 46.0 Å². The van der Waals surface area contributed by atoms with Gasteiger partial charge < -0.3 is 19.9 Å². The van der Waals surface area contributed by atoms with Crippen molar-refractivity contribution >= 4 is 11.3 Å². The van der Waals surface area contributed by atoms with Gasteiger partial charge in [0.2, 0.25) is 0 Å². The molecule has 1 saturated heterocycles. The van der Waals surface area contributed by atoms with Crippen LogP contribution in [-0.2, 0) is 15.9 Å². The molecule has 0 spiro atoms. The molecule has 5 nitrogen and oxygen atoms in total. The predicted octanol–water partition coefficient (Wildman–Crippen LogP) is 3.17. The summed E-state index contributed by atoms with van der Waals surface area (Å²) in [5, 5.41) is 16.1. The Labute approximate surface area is 177 Å². The first kappa shape index (κ1) is 21.0. The molecule has 1 aromatic carbocycles. The number of hydrogen-bond acceptors (Lipinski definition) is 6. The molecule has 1 fully saturated rings. The molecular formula is C23H32N2O3S. The number of fused-ring (bicyclic) bond motifs is 1. The summed E-state index contributed by atoms with van der Waals surface area (Å²) < 4.78 is 11.6. The number of hydrogen-bond donors (Lipinski definition) is 2. The molecule has 2 heterocycles. The molecule has 2 N–H and O–H groups in total. The van der Waals surface area contributed by atoms with Gasteiger partial charge in [-0.2, -0.15) is 0 Å². The Morgan fingerprint density at radius 1 is 1.17 bits per heavy atom. The second-order valence-corrected chi connectivity index (χ2v) is 8.88. The first-order valence-electron chi connectivity index (χ1n) is 10.7. The highest BCUT2D eigenvalue weighted by Gasteiger charge is 2.24. The zero-order chi connectivity index (χ0) is 19.9. The lowest BCUT2D eigenvalue weighted by Gasteiger charge is -2.34. The molecule has 0 unspecified atom stereocenters. The number of rotatable bonds is 9. The van der Waals surface area contributed by atoms with Crippen molar-refractivity contribution in [3.63, 3.8) is 0 Å². The van der Waals surface area contributed by atoms with Gasteiger partial charge in [-0.1, -0.05) is 30.3 Å². The zero-order valence-electron chi connectivity index (χ0n) is 17.0. The molecule has 1 aliphatic heterocycles. The summed E-state index contributed by atoms with van der Waals surface area (Å²) in [6, 6.07) is 13.2. The number of ether oxygens (including phenoxy) is 2. The Hall–Kier alpha value is -1.28. The summed E-state index contributed by atoms with van der Waals surface area (Å²) in [6.45, 7) is 5.23. The Kier molecular flexibility index (Phi) is 7.71. The van der Waals surface area contributed by atoms with Crippen LogP contribution in [0.5, 0.6) is 0 Å². The van der Waals surface area contributed by atoms with E-state index >= 15 is 0 Å². The molecule has 0 bridgehead atoms. The average Bonchev–Trinajstić information content (AvgIpc) is 3.30. The lowest BCUT2D eigenvalue weighted by Crippen LogP contribution is -2.44. The Balaban J connectivity index is 1.24. The topological polar surface area (TPSA) is 54.0 Å². The Morgan fingerprint density at radius 2 is 2.03 bits per heavy atom. The molecule has 29 heavy (non-hydrogen) atoms. The molecule has 1 aromatic heterocycles. The third-order valence-corrected chi connectivity index (χ3v) is 6.85. The average molecular weight is 417 g/mol. The van der Waals surface area contributed by atoms with Crippen LogP contribution >= 0.6 is 11.3 Å². The highest BCUT2D eigenvalue weighted by atomic mass is 32.1. The number of aryl methyl sites for hydroxylation is 1. The lowest BCUT2D eigenvalue weighted by atomic mass is 9.89. The van der Waals surface area contributed by atoms with Crippen molar-refractivity contribution in [2.45, 2.75) is 37.5 Å². The van der Waals surface area contributed by atoms with Crippen LogP contribution in [0, 0.1) is 0 Å². The fourth-order valence-electron chi connectivity index (χ4n) is 4.33. The minimum Gasteiger partial charge on any atom is -0.389 e. The first-order chi connectivity index (χ1) is 14.3.